The summed E-state index contributed by atoms with van der Waals surface area (Å²) in [6, 6.07) is 7.66. The van der Waals surface area contributed by atoms with E-state index in [1.54, 1.807) is 7.05 Å². The molecule has 0 aromatic heterocycles. The Morgan fingerprint density at radius 3 is 2.66 bits per heavy atom. The Kier molecular flexibility index (Phi) is 11.1. The summed E-state index contributed by atoms with van der Waals surface area (Å²) in [4.78, 5) is 16.3. The molecule has 1 unspecified atom stereocenters. The molecule has 1 heterocycles. The molecule has 1 atom stereocenters. The topological polar surface area (TPSA) is 84.0 Å². The van der Waals surface area contributed by atoms with Crippen molar-refractivity contribution in [3.63, 3.8) is 0 Å². The van der Waals surface area contributed by atoms with Crippen LogP contribution >= 0.6 is 0 Å². The first-order chi connectivity index (χ1) is 14.2. The molecule has 7 heteroatoms. The van der Waals surface area contributed by atoms with E-state index >= 15 is 0 Å². The van der Waals surface area contributed by atoms with Crippen molar-refractivity contribution >= 4 is 11.9 Å². The van der Waals surface area contributed by atoms with Crippen LogP contribution in [0, 0.1) is 5.92 Å². The maximum absolute atomic E-state index is 12.0. The Hall–Kier alpha value is -2.12. The molecule has 2 rings (SSSR count). The Bertz CT molecular complexity index is 613. The minimum Gasteiger partial charge on any atom is -0.381 e. The van der Waals surface area contributed by atoms with Gasteiger partial charge in [-0.2, -0.15) is 0 Å². The number of carbonyl (C=O) groups excluding carboxylic acids is 1. The summed E-state index contributed by atoms with van der Waals surface area (Å²) in [5.41, 5.74) is 1.79. The van der Waals surface area contributed by atoms with Crippen LogP contribution in [0.1, 0.15) is 48.5 Å². The molecule has 1 saturated heterocycles. The lowest BCUT2D eigenvalue weighted by Crippen LogP contribution is -2.37. The molecular weight excluding hydrogens is 368 g/mol. The fraction of sp³-hybridized carbons (Fsp3) is 0.636. The van der Waals surface area contributed by atoms with Crippen LogP contribution in [0.2, 0.25) is 0 Å². The molecule has 1 amide bonds. The molecule has 0 spiro atoms. The third-order valence-electron chi connectivity index (χ3n) is 4.85. The molecule has 0 radical (unpaired) electrons. The lowest BCUT2D eigenvalue weighted by molar-refractivity contribution is 0.0888. The minimum absolute atomic E-state index is 0.0156. The first-order valence-electron chi connectivity index (χ1n) is 10.7. The van der Waals surface area contributed by atoms with Gasteiger partial charge in [-0.25, -0.2) is 0 Å². The largest absolute Gasteiger partial charge is 0.381 e. The Morgan fingerprint density at radius 2 is 1.97 bits per heavy atom. The highest BCUT2D eigenvalue weighted by molar-refractivity contribution is 5.94. The van der Waals surface area contributed by atoms with Gasteiger partial charge >= 0.3 is 0 Å². The van der Waals surface area contributed by atoms with Crippen LogP contribution in [0.5, 0.6) is 0 Å². The average molecular weight is 405 g/mol. The second-order valence-corrected chi connectivity index (χ2v) is 7.32. The summed E-state index contributed by atoms with van der Waals surface area (Å²) in [7, 11) is 1.76. The number of nitrogens with zero attached hydrogens (tertiary/aromatic N) is 1. The minimum atomic E-state index is -0.0156. The Balaban J connectivity index is 1.59. The second-order valence-electron chi connectivity index (χ2n) is 7.32. The van der Waals surface area contributed by atoms with Gasteiger partial charge in [-0.1, -0.05) is 25.5 Å². The van der Waals surface area contributed by atoms with E-state index in [2.05, 4.69) is 27.9 Å². The molecule has 162 valence electrons. The highest BCUT2D eigenvalue weighted by atomic mass is 16.5. The zero-order valence-electron chi connectivity index (χ0n) is 17.8. The van der Waals surface area contributed by atoms with Crippen molar-refractivity contribution in [2.24, 2.45) is 10.9 Å². The van der Waals surface area contributed by atoms with Crippen LogP contribution in [-0.2, 0) is 16.0 Å². The lowest BCUT2D eigenvalue weighted by atomic mass is 10.1. The highest BCUT2D eigenvalue weighted by Gasteiger charge is 2.15. The first-order valence-corrected chi connectivity index (χ1v) is 10.7. The fourth-order valence-electron chi connectivity index (χ4n) is 3.01. The van der Waals surface area contributed by atoms with Gasteiger partial charge in [-0.05, 0) is 37.0 Å². The summed E-state index contributed by atoms with van der Waals surface area (Å²) >= 11 is 0. The number of ether oxygens (including phenoxy) is 2. The molecule has 1 aromatic rings. The maximum atomic E-state index is 12.0. The number of guanidine groups is 1. The van der Waals surface area contributed by atoms with Crippen molar-refractivity contribution in [1.29, 1.82) is 0 Å². The van der Waals surface area contributed by atoms with E-state index in [-0.39, 0.29) is 5.91 Å². The SMILES string of the molecule is CCCCNC(=O)c1ccc(CNC(=NC)NCCCOCC2CCOC2)cc1. The van der Waals surface area contributed by atoms with Gasteiger partial charge in [-0.15, -0.1) is 0 Å². The molecule has 29 heavy (non-hydrogen) atoms. The van der Waals surface area contributed by atoms with Gasteiger partial charge in [0.15, 0.2) is 5.96 Å². The van der Waals surface area contributed by atoms with E-state index in [9.17, 15) is 4.79 Å². The first kappa shape index (κ1) is 23.2. The summed E-state index contributed by atoms with van der Waals surface area (Å²) < 4.78 is 11.1. The predicted molar refractivity (Wildman–Crippen MR) is 116 cm³/mol. The summed E-state index contributed by atoms with van der Waals surface area (Å²) in [6.07, 6.45) is 4.11. The number of nitrogens with one attached hydrogen (secondary N) is 3. The summed E-state index contributed by atoms with van der Waals surface area (Å²) in [5.74, 6) is 1.31. The van der Waals surface area contributed by atoms with Gasteiger partial charge in [0.25, 0.3) is 5.91 Å². The van der Waals surface area contributed by atoms with Crippen LogP contribution in [0.15, 0.2) is 29.3 Å². The second kappa shape index (κ2) is 14.0. The van der Waals surface area contributed by atoms with Crippen molar-refractivity contribution in [1.82, 2.24) is 16.0 Å². The lowest BCUT2D eigenvalue weighted by Gasteiger charge is -2.13. The number of amides is 1. The molecule has 0 aliphatic carbocycles. The standard InChI is InChI=1S/C22H36N4O3/c1-3-4-11-24-21(27)20-8-6-18(7-9-20)15-26-22(23-2)25-12-5-13-28-16-19-10-14-29-17-19/h6-9,19H,3-5,10-17H2,1-2H3,(H,24,27)(H2,23,25,26). The van der Waals surface area contributed by atoms with Crippen LogP contribution < -0.4 is 16.0 Å². The molecular formula is C22H36N4O3. The molecule has 1 aromatic carbocycles. The number of hydrogen-bond donors (Lipinski definition) is 3. The van der Waals surface area contributed by atoms with Gasteiger partial charge in [0, 0.05) is 51.4 Å². The smallest absolute Gasteiger partial charge is 0.251 e. The van der Waals surface area contributed by atoms with Gasteiger partial charge in [0.2, 0.25) is 0 Å². The monoisotopic (exact) mass is 404 g/mol. The van der Waals surface area contributed by atoms with Gasteiger partial charge in [0.05, 0.1) is 13.2 Å². The maximum Gasteiger partial charge on any atom is 0.251 e. The quantitative estimate of drug-likeness (QED) is 0.283. The molecule has 3 N–H and O–H groups in total. The van der Waals surface area contributed by atoms with E-state index in [1.807, 2.05) is 24.3 Å². The fourth-order valence-corrected chi connectivity index (χ4v) is 3.01. The zero-order chi connectivity index (χ0) is 20.7. The number of hydrogen-bond acceptors (Lipinski definition) is 4. The Morgan fingerprint density at radius 1 is 1.17 bits per heavy atom. The van der Waals surface area contributed by atoms with Gasteiger partial charge in [-0.3, -0.25) is 9.79 Å². The van der Waals surface area contributed by atoms with Crippen LogP contribution in [0.4, 0.5) is 0 Å². The van der Waals surface area contributed by atoms with E-state index in [0.717, 1.165) is 76.7 Å². The number of unbranched alkanes of at least 4 members (excludes halogenated alkanes) is 1. The van der Waals surface area contributed by atoms with E-state index in [0.29, 0.717) is 18.0 Å². The van der Waals surface area contributed by atoms with Crippen molar-refractivity contribution in [2.45, 2.75) is 39.2 Å². The predicted octanol–water partition coefficient (Wildman–Crippen LogP) is 2.32. The third kappa shape index (κ3) is 9.28. The van der Waals surface area contributed by atoms with Crippen LogP contribution in [-0.4, -0.2) is 58.4 Å². The third-order valence-corrected chi connectivity index (χ3v) is 4.85. The van der Waals surface area contributed by atoms with Crippen LogP contribution in [0.3, 0.4) is 0 Å². The average Bonchev–Trinajstić information content (AvgIpc) is 3.26. The van der Waals surface area contributed by atoms with Crippen molar-refractivity contribution in [3.05, 3.63) is 35.4 Å². The molecule has 0 saturated carbocycles. The Labute approximate surface area is 174 Å². The number of aliphatic imine (C=N–C) groups is 1. The summed E-state index contributed by atoms with van der Waals surface area (Å²) in [6.45, 7) is 7.51. The van der Waals surface area contributed by atoms with E-state index in [4.69, 9.17) is 9.47 Å². The molecule has 1 aliphatic rings. The normalized spacial score (nSPS) is 16.6. The van der Waals surface area contributed by atoms with E-state index < -0.39 is 0 Å². The van der Waals surface area contributed by atoms with Crippen molar-refractivity contribution in [2.75, 3.05) is 46.6 Å². The number of rotatable bonds is 12. The van der Waals surface area contributed by atoms with Crippen molar-refractivity contribution < 1.29 is 14.3 Å². The van der Waals surface area contributed by atoms with Gasteiger partial charge in [0.1, 0.15) is 0 Å². The van der Waals surface area contributed by atoms with Gasteiger partial charge < -0.3 is 25.4 Å². The highest BCUT2D eigenvalue weighted by Crippen LogP contribution is 2.12. The number of carbonyl (C=O) groups is 1. The van der Waals surface area contributed by atoms with Crippen molar-refractivity contribution in [3.8, 4) is 0 Å². The molecule has 7 nitrogen and oxygen atoms in total. The number of benzene rings is 1. The zero-order valence-corrected chi connectivity index (χ0v) is 17.8. The molecule has 1 fully saturated rings. The van der Waals surface area contributed by atoms with E-state index in [1.165, 1.54) is 0 Å². The van der Waals surface area contributed by atoms with Crippen LogP contribution in [0.25, 0.3) is 0 Å². The molecule has 0 bridgehead atoms. The molecule has 1 aliphatic heterocycles. The summed E-state index contributed by atoms with van der Waals surface area (Å²) in [5, 5.41) is 9.52.